The summed E-state index contributed by atoms with van der Waals surface area (Å²) in [5, 5.41) is 12.5. The van der Waals surface area contributed by atoms with Gasteiger partial charge < -0.3 is 20.2 Å². The molecule has 2 N–H and O–H groups in total. The molecule has 0 aliphatic carbocycles. The van der Waals surface area contributed by atoms with Crippen molar-refractivity contribution in [3.63, 3.8) is 0 Å². The summed E-state index contributed by atoms with van der Waals surface area (Å²) in [6.07, 6.45) is 3.82. The van der Waals surface area contributed by atoms with Crippen LogP contribution in [-0.2, 0) is 0 Å². The lowest BCUT2D eigenvalue weighted by Gasteiger charge is -2.39. The predicted octanol–water partition coefficient (Wildman–Crippen LogP) is 0.375. The van der Waals surface area contributed by atoms with E-state index in [4.69, 9.17) is 5.11 Å². The van der Waals surface area contributed by atoms with Crippen molar-refractivity contribution in [2.75, 3.05) is 52.9 Å². The summed E-state index contributed by atoms with van der Waals surface area (Å²) in [5.41, 5.74) is 0.490. The van der Waals surface area contributed by atoms with Crippen molar-refractivity contribution in [3.8, 4) is 0 Å². The van der Waals surface area contributed by atoms with Crippen LogP contribution in [0.5, 0.6) is 0 Å². The van der Waals surface area contributed by atoms with Gasteiger partial charge in [0.1, 0.15) is 0 Å². The topological polar surface area (TPSA) is 38.7 Å². The first-order valence-electron chi connectivity index (χ1n) is 7.37. The second-order valence-electron chi connectivity index (χ2n) is 6.45. The number of nitrogens with one attached hydrogen (secondary N) is 1. The van der Waals surface area contributed by atoms with E-state index in [9.17, 15) is 0 Å². The van der Waals surface area contributed by atoms with Gasteiger partial charge in [-0.2, -0.15) is 0 Å². The average molecular weight is 255 g/mol. The Balaban J connectivity index is 1.73. The molecule has 0 aromatic carbocycles. The first-order valence-corrected chi connectivity index (χ1v) is 7.37. The smallest absolute Gasteiger partial charge is 0.0558 e. The lowest BCUT2D eigenvalue weighted by atomic mass is 9.88. The minimum absolute atomic E-state index is 0.278. The van der Waals surface area contributed by atoms with E-state index in [1.165, 1.54) is 52.0 Å². The average Bonchev–Trinajstić information content (AvgIpc) is 2.77. The van der Waals surface area contributed by atoms with Gasteiger partial charge in [-0.15, -0.1) is 0 Å². The number of rotatable bonds is 5. The molecular weight excluding hydrogens is 226 g/mol. The third kappa shape index (κ3) is 3.67. The summed E-state index contributed by atoms with van der Waals surface area (Å²) in [4.78, 5) is 4.95. The van der Waals surface area contributed by atoms with Crippen LogP contribution in [0.2, 0.25) is 0 Å². The van der Waals surface area contributed by atoms with Crippen molar-refractivity contribution in [1.29, 1.82) is 0 Å². The second-order valence-corrected chi connectivity index (χ2v) is 6.45. The summed E-state index contributed by atoms with van der Waals surface area (Å²) in [5.74, 6) is 0. The zero-order valence-electron chi connectivity index (χ0n) is 12.0. The number of aliphatic hydroxyl groups excluding tert-OH is 1. The van der Waals surface area contributed by atoms with Gasteiger partial charge in [0.25, 0.3) is 0 Å². The lowest BCUT2D eigenvalue weighted by Crippen LogP contribution is -2.47. The van der Waals surface area contributed by atoms with Crippen molar-refractivity contribution < 1.29 is 5.11 Å². The van der Waals surface area contributed by atoms with E-state index in [0.29, 0.717) is 11.5 Å². The molecule has 2 saturated heterocycles. The minimum Gasteiger partial charge on any atom is -0.395 e. The number of hydrogen-bond donors (Lipinski definition) is 2. The maximum absolute atomic E-state index is 8.98. The Morgan fingerprint density at radius 2 is 2.11 bits per heavy atom. The SMILES string of the molecule is CN(CCO)C1CCN(CC2(C)CCNC2)CC1. The molecule has 4 heteroatoms. The van der Waals surface area contributed by atoms with Gasteiger partial charge in [-0.3, -0.25) is 0 Å². The van der Waals surface area contributed by atoms with Crippen LogP contribution in [0.15, 0.2) is 0 Å². The largest absolute Gasteiger partial charge is 0.395 e. The maximum atomic E-state index is 8.98. The molecule has 0 radical (unpaired) electrons. The summed E-state index contributed by atoms with van der Waals surface area (Å²) >= 11 is 0. The second kappa shape index (κ2) is 6.33. The number of likely N-dealkylation sites (N-methyl/N-ethyl adjacent to an activating group) is 1. The van der Waals surface area contributed by atoms with Crippen LogP contribution in [-0.4, -0.2) is 73.9 Å². The molecule has 106 valence electrons. The lowest BCUT2D eigenvalue weighted by molar-refractivity contribution is 0.0883. The molecule has 0 aromatic heterocycles. The van der Waals surface area contributed by atoms with Crippen molar-refractivity contribution in [3.05, 3.63) is 0 Å². The fourth-order valence-electron chi connectivity index (χ4n) is 3.40. The first-order chi connectivity index (χ1) is 8.63. The van der Waals surface area contributed by atoms with Crippen molar-refractivity contribution in [2.45, 2.75) is 32.2 Å². The van der Waals surface area contributed by atoms with Crippen LogP contribution in [0.3, 0.4) is 0 Å². The zero-order chi connectivity index (χ0) is 13.0. The molecule has 2 heterocycles. The van der Waals surface area contributed by atoms with Gasteiger partial charge in [-0.05, 0) is 51.4 Å². The predicted molar refractivity (Wildman–Crippen MR) is 74.8 cm³/mol. The molecule has 2 rings (SSSR count). The third-order valence-electron chi connectivity index (χ3n) is 4.70. The molecule has 18 heavy (non-hydrogen) atoms. The van der Waals surface area contributed by atoms with Crippen molar-refractivity contribution in [1.82, 2.24) is 15.1 Å². The van der Waals surface area contributed by atoms with Crippen LogP contribution in [0.1, 0.15) is 26.2 Å². The summed E-state index contributed by atoms with van der Waals surface area (Å²) in [7, 11) is 2.14. The Bertz CT molecular complexity index is 245. The molecular formula is C14H29N3O. The van der Waals surface area contributed by atoms with E-state index in [2.05, 4.69) is 29.1 Å². The Kier molecular flexibility index (Phi) is 5.01. The van der Waals surface area contributed by atoms with E-state index in [1.54, 1.807) is 0 Å². The van der Waals surface area contributed by atoms with Crippen LogP contribution in [0.25, 0.3) is 0 Å². The van der Waals surface area contributed by atoms with E-state index < -0.39 is 0 Å². The molecule has 2 fully saturated rings. The molecule has 2 aliphatic rings. The number of aliphatic hydroxyl groups is 1. The van der Waals surface area contributed by atoms with Gasteiger partial charge in [0.2, 0.25) is 0 Å². The van der Waals surface area contributed by atoms with Crippen molar-refractivity contribution in [2.24, 2.45) is 5.41 Å². The van der Waals surface area contributed by atoms with E-state index in [0.717, 1.165) is 6.54 Å². The van der Waals surface area contributed by atoms with E-state index in [1.807, 2.05) is 0 Å². The highest BCUT2D eigenvalue weighted by Crippen LogP contribution is 2.27. The Morgan fingerprint density at radius 3 is 2.67 bits per heavy atom. The molecule has 0 saturated carbocycles. The molecule has 4 nitrogen and oxygen atoms in total. The molecule has 2 aliphatic heterocycles. The standard InChI is InChI=1S/C14H29N3O/c1-14(5-6-15-11-14)12-17-7-3-13(4-8-17)16(2)9-10-18/h13,15,18H,3-12H2,1-2H3. The maximum Gasteiger partial charge on any atom is 0.0558 e. The summed E-state index contributed by atoms with van der Waals surface area (Å²) in [6.45, 7) is 9.55. The Hall–Kier alpha value is -0.160. The van der Waals surface area contributed by atoms with E-state index in [-0.39, 0.29) is 6.61 Å². The molecule has 1 atom stereocenters. The summed E-state index contributed by atoms with van der Waals surface area (Å²) in [6, 6.07) is 0.669. The van der Waals surface area contributed by atoms with E-state index >= 15 is 0 Å². The summed E-state index contributed by atoms with van der Waals surface area (Å²) < 4.78 is 0. The Labute approximate surface area is 111 Å². The number of likely N-dealkylation sites (tertiary alicyclic amines) is 1. The quantitative estimate of drug-likeness (QED) is 0.745. The molecule has 1 unspecified atom stereocenters. The molecule has 0 aromatic rings. The highest BCUT2D eigenvalue weighted by Gasteiger charge is 2.32. The van der Waals surface area contributed by atoms with Gasteiger partial charge >= 0.3 is 0 Å². The van der Waals surface area contributed by atoms with Crippen LogP contribution in [0, 0.1) is 5.41 Å². The minimum atomic E-state index is 0.278. The fourth-order valence-corrected chi connectivity index (χ4v) is 3.40. The van der Waals surface area contributed by atoms with Gasteiger partial charge in [0.15, 0.2) is 0 Å². The van der Waals surface area contributed by atoms with Crippen molar-refractivity contribution >= 4 is 0 Å². The van der Waals surface area contributed by atoms with Gasteiger partial charge in [-0.1, -0.05) is 6.92 Å². The number of piperidine rings is 1. The fraction of sp³-hybridized carbons (Fsp3) is 1.00. The van der Waals surface area contributed by atoms with Crippen LogP contribution in [0.4, 0.5) is 0 Å². The number of hydrogen-bond acceptors (Lipinski definition) is 4. The van der Waals surface area contributed by atoms with Gasteiger partial charge in [0, 0.05) is 25.7 Å². The zero-order valence-corrected chi connectivity index (χ0v) is 12.0. The van der Waals surface area contributed by atoms with Gasteiger partial charge in [0.05, 0.1) is 6.61 Å². The van der Waals surface area contributed by atoms with Gasteiger partial charge in [-0.25, -0.2) is 0 Å². The first kappa shape index (κ1) is 14.3. The normalized spacial score (nSPS) is 31.3. The molecule has 0 spiro atoms. The number of nitrogens with zero attached hydrogens (tertiary/aromatic N) is 2. The highest BCUT2D eigenvalue weighted by molar-refractivity contribution is 4.88. The van der Waals surface area contributed by atoms with Crippen LogP contribution >= 0.6 is 0 Å². The Morgan fingerprint density at radius 1 is 1.39 bits per heavy atom. The highest BCUT2D eigenvalue weighted by atomic mass is 16.3. The third-order valence-corrected chi connectivity index (χ3v) is 4.70. The molecule has 0 amide bonds. The monoisotopic (exact) mass is 255 g/mol. The van der Waals surface area contributed by atoms with Crippen LogP contribution < -0.4 is 5.32 Å². The molecule has 0 bridgehead atoms.